The summed E-state index contributed by atoms with van der Waals surface area (Å²) in [5.41, 5.74) is 4.09. The Morgan fingerprint density at radius 3 is 2.54 bits per heavy atom. The molecule has 5 nitrogen and oxygen atoms in total. The van der Waals surface area contributed by atoms with E-state index >= 15 is 0 Å². The molecule has 0 aliphatic carbocycles. The molecule has 0 bridgehead atoms. The lowest BCUT2D eigenvalue weighted by atomic mass is 9.93. The van der Waals surface area contributed by atoms with Crippen molar-refractivity contribution in [2.24, 2.45) is 5.92 Å². The average molecular weight is 481 g/mol. The Balaban J connectivity index is 1.65. The molecule has 1 atom stereocenters. The number of benzene rings is 1. The van der Waals surface area contributed by atoms with Crippen molar-refractivity contribution in [2.45, 2.75) is 39.8 Å². The molecule has 2 aromatic heterocycles. The Hall–Kier alpha value is -3.68. The molecule has 1 aliphatic heterocycles. The highest BCUT2D eigenvalue weighted by Crippen LogP contribution is 2.32. The number of rotatable bonds is 4. The van der Waals surface area contributed by atoms with E-state index in [1.54, 1.807) is 17.3 Å². The van der Waals surface area contributed by atoms with Gasteiger partial charge in [-0.3, -0.25) is 9.78 Å². The molecule has 182 valence electrons. The van der Waals surface area contributed by atoms with E-state index in [9.17, 15) is 18.0 Å². The number of alkyl halides is 3. The number of piperidine rings is 1. The van der Waals surface area contributed by atoms with Crippen LogP contribution in [0.15, 0.2) is 66.8 Å². The summed E-state index contributed by atoms with van der Waals surface area (Å²) in [6.45, 7) is 6.45. The van der Waals surface area contributed by atoms with Crippen LogP contribution in [0.5, 0.6) is 0 Å². The third-order valence-corrected chi connectivity index (χ3v) is 6.17. The zero-order valence-corrected chi connectivity index (χ0v) is 19.9. The van der Waals surface area contributed by atoms with Crippen LogP contribution in [-0.4, -0.2) is 27.3 Å². The quantitative estimate of drug-likeness (QED) is 0.457. The highest BCUT2D eigenvalue weighted by Gasteiger charge is 2.31. The van der Waals surface area contributed by atoms with Crippen LogP contribution in [0, 0.1) is 19.8 Å². The summed E-state index contributed by atoms with van der Waals surface area (Å²) in [6.07, 6.45) is 1.56. The van der Waals surface area contributed by atoms with Crippen molar-refractivity contribution < 1.29 is 18.0 Å². The predicted molar refractivity (Wildman–Crippen MR) is 130 cm³/mol. The lowest BCUT2D eigenvalue weighted by molar-refractivity contribution is -0.137. The van der Waals surface area contributed by atoms with Gasteiger partial charge < -0.3 is 10.2 Å². The Morgan fingerprint density at radius 1 is 1.09 bits per heavy atom. The molecular formula is C27H27F3N4O. The van der Waals surface area contributed by atoms with Gasteiger partial charge in [0, 0.05) is 47.7 Å². The van der Waals surface area contributed by atoms with E-state index in [1.807, 2.05) is 51.1 Å². The van der Waals surface area contributed by atoms with Crippen LogP contribution in [0.1, 0.15) is 46.9 Å². The van der Waals surface area contributed by atoms with Crippen LogP contribution >= 0.6 is 0 Å². The van der Waals surface area contributed by atoms with Gasteiger partial charge in [0.15, 0.2) is 0 Å². The first-order chi connectivity index (χ1) is 16.6. The third kappa shape index (κ3) is 5.53. The summed E-state index contributed by atoms with van der Waals surface area (Å²) < 4.78 is 38.5. The van der Waals surface area contributed by atoms with Crippen molar-refractivity contribution in [3.05, 3.63) is 89.1 Å². The van der Waals surface area contributed by atoms with Gasteiger partial charge in [0.1, 0.15) is 5.82 Å². The lowest BCUT2D eigenvalue weighted by Gasteiger charge is -2.34. The number of nitrogens with one attached hydrogen (secondary N) is 1. The van der Waals surface area contributed by atoms with Crippen LogP contribution in [-0.2, 0) is 6.18 Å². The zero-order valence-electron chi connectivity index (χ0n) is 19.9. The van der Waals surface area contributed by atoms with Crippen LogP contribution in [0.4, 0.5) is 19.0 Å². The first-order valence-electron chi connectivity index (χ1n) is 11.5. The van der Waals surface area contributed by atoms with Gasteiger partial charge in [0.2, 0.25) is 0 Å². The topological polar surface area (TPSA) is 58.1 Å². The Bertz CT molecular complexity index is 1230. The van der Waals surface area contributed by atoms with Crippen molar-refractivity contribution in [1.29, 1.82) is 0 Å². The fourth-order valence-corrected chi connectivity index (χ4v) is 4.19. The molecule has 0 spiro atoms. The predicted octanol–water partition coefficient (Wildman–Crippen LogP) is 6.60. The van der Waals surface area contributed by atoms with Gasteiger partial charge in [0.25, 0.3) is 5.91 Å². The summed E-state index contributed by atoms with van der Waals surface area (Å²) in [6, 6.07) is 11.9. The summed E-state index contributed by atoms with van der Waals surface area (Å²) >= 11 is 0. The number of hydrogen-bond acceptors (Lipinski definition) is 4. The standard InChI is InChI=1S/C27H27F3N4O/c1-17-6-10-22(20-8-7-19(3)31-14-20)23(13-17)26(35)34-12-4-5-18(2)24(34)16-33-25-11-9-21(15-32-25)27(28,29)30/h6-11,13-16,18H,4-5,12H2,1-3H3,(H,32,33)/b24-16+. The van der Waals surface area contributed by atoms with E-state index in [2.05, 4.69) is 15.3 Å². The number of hydrogen-bond donors (Lipinski definition) is 1. The molecule has 1 aromatic carbocycles. The number of nitrogens with zero attached hydrogens (tertiary/aromatic N) is 3. The summed E-state index contributed by atoms with van der Waals surface area (Å²) in [5.74, 6) is 0.242. The highest BCUT2D eigenvalue weighted by molar-refractivity contribution is 6.02. The summed E-state index contributed by atoms with van der Waals surface area (Å²) in [7, 11) is 0. The Labute approximate surface area is 202 Å². The van der Waals surface area contributed by atoms with Gasteiger partial charge in [-0.05, 0) is 62.4 Å². The van der Waals surface area contributed by atoms with Gasteiger partial charge in [0.05, 0.1) is 5.56 Å². The second-order valence-corrected chi connectivity index (χ2v) is 8.88. The molecule has 1 N–H and O–H groups in total. The van der Waals surface area contributed by atoms with E-state index in [0.29, 0.717) is 12.1 Å². The number of anilines is 1. The number of aryl methyl sites for hydroxylation is 2. The SMILES string of the molecule is Cc1ccc(-c2ccc(C)nc2)c(C(=O)N2CCCC(C)/C2=C\Nc2ccc(C(F)(F)F)cn2)c1. The number of pyridine rings is 2. The minimum atomic E-state index is -4.44. The minimum absolute atomic E-state index is 0.0870. The first-order valence-corrected chi connectivity index (χ1v) is 11.5. The molecule has 1 fully saturated rings. The number of allylic oxidation sites excluding steroid dienone is 1. The number of amides is 1. The van der Waals surface area contributed by atoms with Crippen LogP contribution in [0.2, 0.25) is 0 Å². The fraction of sp³-hybridized carbons (Fsp3) is 0.296. The molecule has 8 heteroatoms. The van der Waals surface area contributed by atoms with Crippen molar-refractivity contribution in [1.82, 2.24) is 14.9 Å². The lowest BCUT2D eigenvalue weighted by Crippen LogP contribution is -2.38. The molecule has 1 unspecified atom stereocenters. The molecule has 4 rings (SSSR count). The molecule has 3 heterocycles. The van der Waals surface area contributed by atoms with Crippen molar-refractivity contribution >= 4 is 11.7 Å². The largest absolute Gasteiger partial charge is 0.417 e. The van der Waals surface area contributed by atoms with Gasteiger partial charge in [-0.2, -0.15) is 13.2 Å². The van der Waals surface area contributed by atoms with Crippen molar-refractivity contribution in [3.8, 4) is 11.1 Å². The maximum absolute atomic E-state index is 13.8. The maximum Gasteiger partial charge on any atom is 0.417 e. The van der Waals surface area contributed by atoms with Crippen molar-refractivity contribution in [3.63, 3.8) is 0 Å². The average Bonchev–Trinajstić information content (AvgIpc) is 2.83. The van der Waals surface area contributed by atoms with Gasteiger partial charge in [-0.15, -0.1) is 0 Å². The number of carbonyl (C=O) groups is 1. The van der Waals surface area contributed by atoms with Crippen LogP contribution < -0.4 is 5.32 Å². The monoisotopic (exact) mass is 480 g/mol. The number of halogens is 3. The van der Waals surface area contributed by atoms with Crippen molar-refractivity contribution in [2.75, 3.05) is 11.9 Å². The van der Waals surface area contributed by atoms with E-state index in [0.717, 1.165) is 53.2 Å². The van der Waals surface area contributed by atoms with Crippen LogP contribution in [0.25, 0.3) is 11.1 Å². The molecule has 1 amide bonds. The smallest absolute Gasteiger partial charge is 0.345 e. The third-order valence-electron chi connectivity index (χ3n) is 6.17. The molecular weight excluding hydrogens is 453 g/mol. The molecule has 0 saturated carbocycles. The van der Waals surface area contributed by atoms with E-state index in [-0.39, 0.29) is 17.6 Å². The zero-order chi connectivity index (χ0) is 25.2. The van der Waals surface area contributed by atoms with Gasteiger partial charge >= 0.3 is 6.18 Å². The number of aromatic nitrogens is 2. The maximum atomic E-state index is 13.8. The summed E-state index contributed by atoms with van der Waals surface area (Å²) in [5, 5.41) is 2.98. The van der Waals surface area contributed by atoms with Gasteiger partial charge in [-0.1, -0.05) is 30.7 Å². The minimum Gasteiger partial charge on any atom is -0.345 e. The van der Waals surface area contributed by atoms with E-state index < -0.39 is 11.7 Å². The molecule has 0 radical (unpaired) electrons. The number of carbonyl (C=O) groups excluding carboxylic acids is 1. The van der Waals surface area contributed by atoms with E-state index in [4.69, 9.17) is 0 Å². The van der Waals surface area contributed by atoms with E-state index in [1.165, 1.54) is 6.07 Å². The number of likely N-dealkylation sites (tertiary alicyclic amines) is 1. The molecule has 1 saturated heterocycles. The Kier molecular flexibility index (Phi) is 6.91. The molecule has 3 aromatic rings. The highest BCUT2D eigenvalue weighted by atomic mass is 19.4. The molecule has 1 aliphatic rings. The van der Waals surface area contributed by atoms with Crippen LogP contribution in [0.3, 0.4) is 0 Å². The van der Waals surface area contributed by atoms with Gasteiger partial charge in [-0.25, -0.2) is 4.98 Å². The fourth-order valence-electron chi connectivity index (χ4n) is 4.19. The second-order valence-electron chi connectivity index (χ2n) is 8.88. The second kappa shape index (κ2) is 9.90. The first kappa shape index (κ1) is 24.4. The summed E-state index contributed by atoms with van der Waals surface area (Å²) in [4.78, 5) is 23.8. The molecule has 35 heavy (non-hydrogen) atoms. The normalized spacial score (nSPS) is 17.5. The Morgan fingerprint density at radius 2 is 1.89 bits per heavy atom.